The Morgan fingerprint density at radius 1 is 1.25 bits per heavy atom. The van der Waals surface area contributed by atoms with Gasteiger partial charge < -0.3 is 14.5 Å². The number of ether oxygens (including phenoxy) is 1. The van der Waals surface area contributed by atoms with Crippen LogP contribution in [0.25, 0.3) is 0 Å². The zero-order chi connectivity index (χ0) is 12.0. The molecule has 1 aromatic heterocycles. The summed E-state index contributed by atoms with van der Waals surface area (Å²) in [5.74, 6) is 1.26. The van der Waals surface area contributed by atoms with Gasteiger partial charge in [-0.05, 0) is 27.7 Å². The molecule has 1 heterocycles. The Bertz CT molecular complexity index is 304. The molecule has 92 valence electrons. The Hall–Kier alpha value is -0.940. The van der Waals surface area contributed by atoms with Crippen LogP contribution in [0.3, 0.4) is 0 Å². The molecule has 5 nitrogen and oxygen atoms in total. The van der Waals surface area contributed by atoms with E-state index in [0.29, 0.717) is 38.0 Å². The SMILES string of the molecule is CCOCCc1nnc(CNC(C)(C)C)o1. The van der Waals surface area contributed by atoms with E-state index in [4.69, 9.17) is 9.15 Å². The number of rotatable bonds is 6. The van der Waals surface area contributed by atoms with Gasteiger partial charge >= 0.3 is 0 Å². The van der Waals surface area contributed by atoms with Crippen molar-refractivity contribution < 1.29 is 9.15 Å². The molecule has 0 aromatic carbocycles. The smallest absolute Gasteiger partial charge is 0.230 e. The molecule has 1 rings (SSSR count). The van der Waals surface area contributed by atoms with Crippen LogP contribution in [-0.4, -0.2) is 29.0 Å². The molecule has 0 aliphatic carbocycles. The summed E-state index contributed by atoms with van der Waals surface area (Å²) in [5, 5.41) is 11.2. The summed E-state index contributed by atoms with van der Waals surface area (Å²) in [5.41, 5.74) is 0.0555. The van der Waals surface area contributed by atoms with Gasteiger partial charge in [-0.15, -0.1) is 10.2 Å². The molecule has 0 atom stereocenters. The van der Waals surface area contributed by atoms with Crippen molar-refractivity contribution in [1.29, 1.82) is 0 Å². The lowest BCUT2D eigenvalue weighted by Gasteiger charge is -2.18. The molecule has 0 amide bonds. The van der Waals surface area contributed by atoms with Gasteiger partial charge in [0.25, 0.3) is 0 Å². The number of nitrogens with one attached hydrogen (secondary N) is 1. The first kappa shape index (κ1) is 13.1. The average molecular weight is 227 g/mol. The van der Waals surface area contributed by atoms with Crippen molar-refractivity contribution in [2.75, 3.05) is 13.2 Å². The minimum atomic E-state index is 0.0555. The summed E-state index contributed by atoms with van der Waals surface area (Å²) in [6.45, 7) is 10.2. The maximum Gasteiger partial charge on any atom is 0.230 e. The highest BCUT2D eigenvalue weighted by molar-refractivity contribution is 4.83. The first-order valence-corrected chi connectivity index (χ1v) is 5.65. The largest absolute Gasteiger partial charge is 0.424 e. The maximum atomic E-state index is 5.46. The second kappa shape index (κ2) is 5.96. The van der Waals surface area contributed by atoms with E-state index in [1.807, 2.05) is 6.92 Å². The van der Waals surface area contributed by atoms with Gasteiger partial charge in [-0.3, -0.25) is 0 Å². The molecule has 0 unspecified atom stereocenters. The van der Waals surface area contributed by atoms with E-state index < -0.39 is 0 Å². The highest BCUT2D eigenvalue weighted by Crippen LogP contribution is 2.04. The number of hydrogen-bond acceptors (Lipinski definition) is 5. The Morgan fingerprint density at radius 3 is 2.56 bits per heavy atom. The van der Waals surface area contributed by atoms with Crippen molar-refractivity contribution in [2.45, 2.75) is 46.2 Å². The van der Waals surface area contributed by atoms with Crippen molar-refractivity contribution in [3.8, 4) is 0 Å². The third-order valence-corrected chi connectivity index (χ3v) is 1.94. The lowest BCUT2D eigenvalue weighted by atomic mass is 10.1. The zero-order valence-corrected chi connectivity index (χ0v) is 10.5. The molecule has 0 bridgehead atoms. The predicted molar refractivity (Wildman–Crippen MR) is 61.1 cm³/mol. The predicted octanol–water partition coefficient (Wildman–Crippen LogP) is 1.54. The Labute approximate surface area is 96.6 Å². The molecule has 0 aliphatic heterocycles. The van der Waals surface area contributed by atoms with Gasteiger partial charge in [-0.1, -0.05) is 0 Å². The zero-order valence-electron chi connectivity index (χ0n) is 10.5. The molecular formula is C11H21N3O2. The van der Waals surface area contributed by atoms with E-state index in [-0.39, 0.29) is 5.54 Å². The fourth-order valence-electron chi connectivity index (χ4n) is 1.11. The van der Waals surface area contributed by atoms with Crippen LogP contribution in [0.2, 0.25) is 0 Å². The second-order valence-electron chi connectivity index (χ2n) is 4.64. The van der Waals surface area contributed by atoms with Crippen LogP contribution in [0, 0.1) is 0 Å². The van der Waals surface area contributed by atoms with Crippen LogP contribution in [-0.2, 0) is 17.7 Å². The molecule has 0 saturated heterocycles. The molecule has 0 spiro atoms. The monoisotopic (exact) mass is 227 g/mol. The number of nitrogens with zero attached hydrogens (tertiary/aromatic N) is 2. The fourth-order valence-corrected chi connectivity index (χ4v) is 1.11. The molecule has 1 N–H and O–H groups in total. The number of aromatic nitrogens is 2. The summed E-state index contributed by atoms with van der Waals surface area (Å²) in [7, 11) is 0. The molecule has 0 fully saturated rings. The second-order valence-corrected chi connectivity index (χ2v) is 4.64. The highest BCUT2D eigenvalue weighted by Gasteiger charge is 2.11. The molecule has 5 heteroatoms. The van der Waals surface area contributed by atoms with Crippen LogP contribution in [0.1, 0.15) is 39.5 Å². The first-order chi connectivity index (χ1) is 7.51. The van der Waals surface area contributed by atoms with E-state index in [1.165, 1.54) is 0 Å². The summed E-state index contributed by atoms with van der Waals surface area (Å²) in [6, 6.07) is 0. The molecule has 16 heavy (non-hydrogen) atoms. The normalized spacial score (nSPS) is 12.0. The third-order valence-electron chi connectivity index (χ3n) is 1.94. The number of hydrogen-bond donors (Lipinski definition) is 1. The Balaban J connectivity index is 2.33. The molecule has 1 aromatic rings. The van der Waals surface area contributed by atoms with Crippen LogP contribution in [0.4, 0.5) is 0 Å². The molecule has 0 saturated carbocycles. The van der Waals surface area contributed by atoms with Gasteiger partial charge in [0, 0.05) is 18.6 Å². The molecule has 0 aliphatic rings. The quantitative estimate of drug-likeness (QED) is 0.747. The van der Waals surface area contributed by atoms with Gasteiger partial charge in [0.1, 0.15) is 0 Å². The van der Waals surface area contributed by atoms with E-state index in [0.717, 1.165) is 0 Å². The summed E-state index contributed by atoms with van der Waals surface area (Å²) < 4.78 is 10.7. The van der Waals surface area contributed by atoms with Gasteiger partial charge in [0.05, 0.1) is 13.2 Å². The topological polar surface area (TPSA) is 60.2 Å². The van der Waals surface area contributed by atoms with E-state index in [2.05, 4.69) is 36.3 Å². The minimum absolute atomic E-state index is 0.0555. The standard InChI is InChI=1S/C11H21N3O2/c1-5-15-7-6-9-13-14-10(16-9)8-12-11(2,3)4/h12H,5-8H2,1-4H3. The minimum Gasteiger partial charge on any atom is -0.424 e. The van der Waals surface area contributed by atoms with E-state index in [9.17, 15) is 0 Å². The van der Waals surface area contributed by atoms with Crippen LogP contribution in [0.15, 0.2) is 4.42 Å². The van der Waals surface area contributed by atoms with Crippen molar-refractivity contribution in [2.24, 2.45) is 0 Å². The van der Waals surface area contributed by atoms with E-state index in [1.54, 1.807) is 0 Å². The van der Waals surface area contributed by atoms with Crippen LogP contribution >= 0.6 is 0 Å². The fraction of sp³-hybridized carbons (Fsp3) is 0.818. The van der Waals surface area contributed by atoms with Crippen molar-refractivity contribution in [3.05, 3.63) is 11.8 Å². The lowest BCUT2D eigenvalue weighted by Crippen LogP contribution is -2.35. The van der Waals surface area contributed by atoms with Gasteiger partial charge in [-0.25, -0.2) is 0 Å². The lowest BCUT2D eigenvalue weighted by molar-refractivity contribution is 0.145. The van der Waals surface area contributed by atoms with Gasteiger partial charge in [0.15, 0.2) is 0 Å². The maximum absolute atomic E-state index is 5.46. The van der Waals surface area contributed by atoms with Crippen molar-refractivity contribution in [3.63, 3.8) is 0 Å². The Morgan fingerprint density at radius 2 is 1.94 bits per heavy atom. The molecule has 0 radical (unpaired) electrons. The molecular weight excluding hydrogens is 206 g/mol. The summed E-state index contributed by atoms with van der Waals surface area (Å²) >= 11 is 0. The van der Waals surface area contributed by atoms with E-state index >= 15 is 0 Å². The van der Waals surface area contributed by atoms with Gasteiger partial charge in [-0.2, -0.15) is 0 Å². The Kier molecular flexibility index (Phi) is 4.89. The highest BCUT2D eigenvalue weighted by atomic mass is 16.5. The van der Waals surface area contributed by atoms with Crippen molar-refractivity contribution >= 4 is 0 Å². The van der Waals surface area contributed by atoms with Crippen LogP contribution in [0.5, 0.6) is 0 Å². The summed E-state index contributed by atoms with van der Waals surface area (Å²) in [4.78, 5) is 0. The summed E-state index contributed by atoms with van der Waals surface area (Å²) in [6.07, 6.45) is 0.677. The van der Waals surface area contributed by atoms with Gasteiger partial charge in [0.2, 0.25) is 11.8 Å². The third kappa shape index (κ3) is 5.23. The average Bonchev–Trinajstić information content (AvgIpc) is 2.62. The first-order valence-electron chi connectivity index (χ1n) is 5.65. The van der Waals surface area contributed by atoms with Crippen LogP contribution < -0.4 is 5.32 Å². The van der Waals surface area contributed by atoms with Crippen molar-refractivity contribution in [1.82, 2.24) is 15.5 Å².